The predicted molar refractivity (Wildman–Crippen MR) is 110 cm³/mol. The van der Waals surface area contributed by atoms with E-state index in [-0.39, 0.29) is 23.4 Å². The molecule has 0 saturated heterocycles. The third kappa shape index (κ3) is 3.71. The molecule has 6 heteroatoms. The molecular weight excluding hydrogens is 372 g/mol. The van der Waals surface area contributed by atoms with Crippen molar-refractivity contribution < 1.29 is 13.2 Å². The number of sulfonamides is 1. The van der Waals surface area contributed by atoms with Crippen LogP contribution in [0.25, 0.3) is 0 Å². The SMILES string of the molecule is C[C@@H]1CCc2ccccc2N1C(=O)CNS(=O)(=O)c1ccc2c(c1)CCCC2. The van der Waals surface area contributed by atoms with Crippen LogP contribution in [0.4, 0.5) is 5.69 Å². The molecule has 0 aromatic heterocycles. The molecule has 148 valence electrons. The van der Waals surface area contributed by atoms with Crippen LogP contribution in [-0.2, 0) is 34.1 Å². The standard InChI is InChI=1S/C22H26N2O3S/c1-16-10-11-18-7-4-5-9-21(18)24(16)22(25)15-23-28(26,27)20-13-12-17-6-2-3-8-19(17)14-20/h4-5,7,9,12-14,16,23H,2-3,6,8,10-11,15H2,1H3/t16-/m1/s1. The topological polar surface area (TPSA) is 66.5 Å². The van der Waals surface area contributed by atoms with Crippen molar-refractivity contribution >= 4 is 21.6 Å². The Morgan fingerprint density at radius 1 is 1.04 bits per heavy atom. The molecule has 1 atom stereocenters. The fourth-order valence-electron chi connectivity index (χ4n) is 4.27. The highest BCUT2D eigenvalue weighted by Gasteiger charge is 2.29. The Hall–Kier alpha value is -2.18. The van der Waals surface area contributed by atoms with E-state index in [4.69, 9.17) is 0 Å². The average molecular weight is 399 g/mol. The van der Waals surface area contributed by atoms with Gasteiger partial charge < -0.3 is 4.90 Å². The van der Waals surface area contributed by atoms with Gasteiger partial charge in [0, 0.05) is 11.7 Å². The maximum Gasteiger partial charge on any atom is 0.242 e. The highest BCUT2D eigenvalue weighted by molar-refractivity contribution is 7.89. The van der Waals surface area contributed by atoms with E-state index in [2.05, 4.69) is 4.72 Å². The highest BCUT2D eigenvalue weighted by Crippen LogP contribution is 2.30. The van der Waals surface area contributed by atoms with E-state index in [1.165, 1.54) is 5.56 Å². The number of carbonyl (C=O) groups is 1. The van der Waals surface area contributed by atoms with E-state index in [0.717, 1.165) is 55.3 Å². The Balaban J connectivity index is 1.50. The van der Waals surface area contributed by atoms with Gasteiger partial charge in [0.25, 0.3) is 0 Å². The van der Waals surface area contributed by atoms with Gasteiger partial charge in [-0.1, -0.05) is 24.3 Å². The van der Waals surface area contributed by atoms with E-state index < -0.39 is 10.0 Å². The Morgan fingerprint density at radius 3 is 2.61 bits per heavy atom. The summed E-state index contributed by atoms with van der Waals surface area (Å²) in [5, 5.41) is 0. The fraction of sp³-hybridized carbons (Fsp3) is 0.409. The Labute approximate surface area is 166 Å². The van der Waals surface area contributed by atoms with Crippen LogP contribution in [0, 0.1) is 0 Å². The first kappa shape index (κ1) is 19.2. The Morgan fingerprint density at radius 2 is 1.79 bits per heavy atom. The lowest BCUT2D eigenvalue weighted by Gasteiger charge is -2.35. The first-order chi connectivity index (χ1) is 13.5. The Kier molecular flexibility index (Phi) is 5.25. The van der Waals surface area contributed by atoms with Crippen LogP contribution in [0.1, 0.15) is 42.9 Å². The third-order valence-corrected chi connectivity index (χ3v) is 7.23. The quantitative estimate of drug-likeness (QED) is 0.860. The number of rotatable bonds is 4. The second kappa shape index (κ2) is 7.68. The summed E-state index contributed by atoms with van der Waals surface area (Å²) in [5.74, 6) is -0.221. The molecular formula is C22H26N2O3S. The van der Waals surface area contributed by atoms with Gasteiger partial charge in [-0.25, -0.2) is 13.1 Å². The van der Waals surface area contributed by atoms with Crippen molar-refractivity contribution in [2.45, 2.75) is 56.4 Å². The number of fused-ring (bicyclic) bond motifs is 2. The third-order valence-electron chi connectivity index (χ3n) is 5.84. The first-order valence-electron chi connectivity index (χ1n) is 9.97. The molecule has 28 heavy (non-hydrogen) atoms. The van der Waals surface area contributed by atoms with Crippen LogP contribution in [0.5, 0.6) is 0 Å². The van der Waals surface area contributed by atoms with E-state index in [0.29, 0.717) is 0 Å². The van der Waals surface area contributed by atoms with Crippen LogP contribution >= 0.6 is 0 Å². The maximum atomic E-state index is 12.9. The molecule has 1 heterocycles. The molecule has 4 rings (SSSR count). The van der Waals surface area contributed by atoms with Gasteiger partial charge in [-0.2, -0.15) is 0 Å². The monoisotopic (exact) mass is 398 g/mol. The maximum absolute atomic E-state index is 12.9. The van der Waals surface area contributed by atoms with Crippen LogP contribution in [0.2, 0.25) is 0 Å². The second-order valence-corrected chi connectivity index (χ2v) is 9.51. The summed E-state index contributed by atoms with van der Waals surface area (Å²) >= 11 is 0. The summed E-state index contributed by atoms with van der Waals surface area (Å²) in [6.07, 6.45) is 5.98. The van der Waals surface area contributed by atoms with E-state index in [1.54, 1.807) is 17.0 Å². The summed E-state index contributed by atoms with van der Waals surface area (Å²) < 4.78 is 28.0. The van der Waals surface area contributed by atoms with Crippen molar-refractivity contribution in [1.82, 2.24) is 4.72 Å². The van der Waals surface area contributed by atoms with Gasteiger partial charge in [-0.15, -0.1) is 0 Å². The number of amides is 1. The number of carbonyl (C=O) groups excluding carboxylic acids is 1. The molecule has 0 radical (unpaired) electrons. The lowest BCUT2D eigenvalue weighted by Crippen LogP contribution is -2.47. The van der Waals surface area contributed by atoms with Crippen molar-refractivity contribution in [3.8, 4) is 0 Å². The largest absolute Gasteiger partial charge is 0.308 e. The summed E-state index contributed by atoms with van der Waals surface area (Å²) in [5.41, 5.74) is 4.37. The minimum atomic E-state index is -3.72. The number of benzene rings is 2. The number of nitrogens with one attached hydrogen (secondary N) is 1. The van der Waals surface area contributed by atoms with Crippen LogP contribution in [0.15, 0.2) is 47.4 Å². The number of para-hydroxylation sites is 1. The smallest absolute Gasteiger partial charge is 0.242 e. The first-order valence-corrected chi connectivity index (χ1v) is 11.5. The van der Waals surface area contributed by atoms with Crippen molar-refractivity contribution in [2.75, 3.05) is 11.4 Å². The molecule has 1 amide bonds. The van der Waals surface area contributed by atoms with Gasteiger partial charge in [-0.3, -0.25) is 4.79 Å². The van der Waals surface area contributed by atoms with Crippen molar-refractivity contribution in [1.29, 1.82) is 0 Å². The molecule has 2 aliphatic rings. The normalized spacial score (nSPS) is 19.0. The molecule has 0 saturated carbocycles. The molecule has 5 nitrogen and oxygen atoms in total. The van der Waals surface area contributed by atoms with Crippen LogP contribution in [-0.4, -0.2) is 26.9 Å². The van der Waals surface area contributed by atoms with Crippen LogP contribution < -0.4 is 9.62 Å². The van der Waals surface area contributed by atoms with Gasteiger partial charge >= 0.3 is 0 Å². The van der Waals surface area contributed by atoms with Gasteiger partial charge in [-0.05, 0) is 80.3 Å². The van der Waals surface area contributed by atoms with Crippen molar-refractivity contribution in [3.05, 3.63) is 59.2 Å². The molecule has 1 aliphatic heterocycles. The molecule has 1 aliphatic carbocycles. The lowest BCUT2D eigenvalue weighted by molar-refractivity contribution is -0.118. The molecule has 0 fully saturated rings. The molecule has 1 N–H and O–H groups in total. The van der Waals surface area contributed by atoms with Crippen molar-refractivity contribution in [2.24, 2.45) is 0 Å². The van der Waals surface area contributed by atoms with Crippen molar-refractivity contribution in [3.63, 3.8) is 0 Å². The summed E-state index contributed by atoms with van der Waals surface area (Å²) in [6, 6.07) is 13.2. The Bertz CT molecular complexity index is 1000. The minimum absolute atomic E-state index is 0.0515. The van der Waals surface area contributed by atoms with E-state index in [9.17, 15) is 13.2 Å². The fourth-order valence-corrected chi connectivity index (χ4v) is 5.30. The number of nitrogens with zero attached hydrogens (tertiary/aromatic N) is 1. The number of hydrogen-bond donors (Lipinski definition) is 1. The average Bonchev–Trinajstić information content (AvgIpc) is 2.71. The zero-order valence-electron chi connectivity index (χ0n) is 16.1. The zero-order valence-corrected chi connectivity index (χ0v) is 17.0. The number of hydrogen-bond acceptors (Lipinski definition) is 3. The molecule has 0 bridgehead atoms. The van der Waals surface area contributed by atoms with Crippen LogP contribution in [0.3, 0.4) is 0 Å². The predicted octanol–water partition coefficient (Wildman–Crippen LogP) is 3.21. The second-order valence-electron chi connectivity index (χ2n) is 7.74. The molecule has 2 aromatic carbocycles. The lowest BCUT2D eigenvalue weighted by atomic mass is 9.92. The van der Waals surface area contributed by atoms with Gasteiger partial charge in [0.15, 0.2) is 0 Å². The summed E-state index contributed by atoms with van der Waals surface area (Å²) in [7, 11) is -3.72. The summed E-state index contributed by atoms with van der Waals surface area (Å²) in [4.78, 5) is 14.9. The summed E-state index contributed by atoms with van der Waals surface area (Å²) in [6.45, 7) is 1.77. The molecule has 2 aromatic rings. The molecule has 0 unspecified atom stereocenters. The van der Waals surface area contributed by atoms with E-state index in [1.807, 2.05) is 37.3 Å². The molecule has 0 spiro atoms. The van der Waals surface area contributed by atoms with Gasteiger partial charge in [0.2, 0.25) is 15.9 Å². The number of aryl methyl sites for hydroxylation is 3. The minimum Gasteiger partial charge on any atom is -0.308 e. The number of anilines is 1. The van der Waals surface area contributed by atoms with E-state index >= 15 is 0 Å². The van der Waals surface area contributed by atoms with Gasteiger partial charge in [0.05, 0.1) is 11.4 Å². The highest BCUT2D eigenvalue weighted by atomic mass is 32.2. The zero-order chi connectivity index (χ0) is 19.7. The van der Waals surface area contributed by atoms with Gasteiger partial charge in [0.1, 0.15) is 0 Å².